The van der Waals surface area contributed by atoms with Crippen LogP contribution in [0.5, 0.6) is 0 Å². The Kier molecular flexibility index (Phi) is 8.43. The van der Waals surface area contributed by atoms with Gasteiger partial charge in [0, 0.05) is 52.4 Å². The van der Waals surface area contributed by atoms with Crippen LogP contribution < -0.4 is 10.6 Å². The lowest BCUT2D eigenvalue weighted by Crippen LogP contribution is -2.54. The van der Waals surface area contributed by atoms with Crippen LogP contribution in [0.2, 0.25) is 0 Å². The lowest BCUT2D eigenvalue weighted by atomic mass is 10.1. The Labute approximate surface area is 183 Å². The Bertz CT molecular complexity index is 856. The lowest BCUT2D eigenvalue weighted by Gasteiger charge is -2.36. The van der Waals surface area contributed by atoms with Crippen LogP contribution in [-0.2, 0) is 16.1 Å². The van der Waals surface area contributed by atoms with E-state index < -0.39 is 0 Å². The van der Waals surface area contributed by atoms with Crippen molar-refractivity contribution in [2.45, 2.75) is 13.5 Å². The molecule has 2 N–H and O–H groups in total. The summed E-state index contributed by atoms with van der Waals surface area (Å²) in [5, 5.41) is 6.19. The number of nitrogens with one attached hydrogen (secondary N) is 2. The van der Waals surface area contributed by atoms with E-state index in [4.69, 9.17) is 9.15 Å². The predicted molar refractivity (Wildman–Crippen MR) is 120 cm³/mol. The van der Waals surface area contributed by atoms with Crippen molar-refractivity contribution in [3.8, 4) is 11.3 Å². The fourth-order valence-corrected chi connectivity index (χ4v) is 3.40. The summed E-state index contributed by atoms with van der Waals surface area (Å²) in [6.07, 6.45) is 1.75. The average Bonchev–Trinajstić information content (AvgIpc) is 3.25. The maximum atomic E-state index is 12.0. The number of hydrogen-bond acceptors (Lipinski definition) is 6. The maximum Gasteiger partial charge on any atom is 0.234 e. The molecule has 31 heavy (non-hydrogen) atoms. The molecule has 1 amide bonds. The number of piperazine rings is 1. The van der Waals surface area contributed by atoms with Gasteiger partial charge in [0.1, 0.15) is 0 Å². The van der Waals surface area contributed by atoms with Gasteiger partial charge >= 0.3 is 0 Å². The number of carbonyl (C=O) groups excluding carboxylic acids is 1. The molecule has 1 saturated heterocycles. The topological polar surface area (TPSA) is 95.2 Å². The van der Waals surface area contributed by atoms with Gasteiger partial charge in [0.05, 0.1) is 25.9 Å². The molecule has 1 aliphatic heterocycles. The molecule has 1 aliphatic rings. The largest absolute Gasteiger partial charge is 0.439 e. The van der Waals surface area contributed by atoms with Crippen molar-refractivity contribution in [2.24, 2.45) is 4.99 Å². The average molecular weight is 429 g/mol. The number of benzene rings is 1. The maximum absolute atomic E-state index is 12.0. The third kappa shape index (κ3) is 6.80. The van der Waals surface area contributed by atoms with Gasteiger partial charge in [0.25, 0.3) is 0 Å². The second kappa shape index (κ2) is 11.5. The number of methoxy groups -OCH3 is 1. The highest BCUT2D eigenvalue weighted by Gasteiger charge is 2.21. The van der Waals surface area contributed by atoms with E-state index in [1.54, 1.807) is 20.4 Å². The van der Waals surface area contributed by atoms with Crippen LogP contribution in [0.3, 0.4) is 0 Å². The molecule has 9 heteroatoms. The zero-order valence-electron chi connectivity index (χ0n) is 18.6. The molecule has 2 aromatic rings. The highest BCUT2D eigenvalue weighted by atomic mass is 16.5. The van der Waals surface area contributed by atoms with Crippen LogP contribution in [0.4, 0.5) is 0 Å². The molecule has 0 radical (unpaired) electrons. The van der Waals surface area contributed by atoms with E-state index in [1.807, 2.05) is 12.1 Å². The Morgan fingerprint density at radius 2 is 1.94 bits per heavy atom. The van der Waals surface area contributed by atoms with E-state index >= 15 is 0 Å². The van der Waals surface area contributed by atoms with Gasteiger partial charge in [-0.2, -0.15) is 0 Å². The summed E-state index contributed by atoms with van der Waals surface area (Å²) in [5.41, 5.74) is 2.22. The van der Waals surface area contributed by atoms with E-state index in [-0.39, 0.29) is 5.91 Å². The van der Waals surface area contributed by atoms with Gasteiger partial charge in [0.15, 0.2) is 11.7 Å². The third-order valence-corrected chi connectivity index (χ3v) is 5.17. The normalized spacial score (nSPS) is 15.2. The van der Waals surface area contributed by atoms with E-state index in [2.05, 4.69) is 49.5 Å². The van der Waals surface area contributed by atoms with Crippen molar-refractivity contribution >= 4 is 11.9 Å². The number of guanidine groups is 1. The number of rotatable bonds is 8. The van der Waals surface area contributed by atoms with Gasteiger partial charge < -0.3 is 24.7 Å². The SMILES string of the molecule is CN=C(NCc1ncc(-c2ccc(C)cc2)o1)N1CCN(CC(=O)NCCOC)CC1. The summed E-state index contributed by atoms with van der Waals surface area (Å²) in [5.74, 6) is 2.20. The number of aromatic nitrogens is 1. The van der Waals surface area contributed by atoms with Crippen molar-refractivity contribution in [1.29, 1.82) is 0 Å². The molecule has 0 spiro atoms. The molecule has 1 aromatic heterocycles. The molecular weight excluding hydrogens is 396 g/mol. The summed E-state index contributed by atoms with van der Waals surface area (Å²) in [6, 6.07) is 8.17. The van der Waals surface area contributed by atoms with Crippen LogP contribution in [0, 0.1) is 6.92 Å². The molecule has 0 aliphatic carbocycles. The molecule has 0 bridgehead atoms. The fourth-order valence-electron chi connectivity index (χ4n) is 3.40. The number of aliphatic imine (C=N–C) groups is 1. The monoisotopic (exact) mass is 428 g/mol. The molecule has 0 saturated carbocycles. The number of oxazole rings is 1. The predicted octanol–water partition coefficient (Wildman–Crippen LogP) is 1.11. The fraction of sp³-hybridized carbons (Fsp3) is 0.500. The second-order valence-corrected chi connectivity index (χ2v) is 7.49. The molecule has 1 fully saturated rings. The highest BCUT2D eigenvalue weighted by molar-refractivity contribution is 5.80. The number of carbonyl (C=O) groups is 1. The number of hydrogen-bond donors (Lipinski definition) is 2. The highest BCUT2D eigenvalue weighted by Crippen LogP contribution is 2.20. The molecular formula is C22H32N6O3. The molecule has 168 valence electrons. The Morgan fingerprint density at radius 1 is 1.19 bits per heavy atom. The summed E-state index contributed by atoms with van der Waals surface area (Å²) in [4.78, 5) is 25.1. The van der Waals surface area contributed by atoms with E-state index in [9.17, 15) is 4.79 Å². The molecule has 1 aromatic carbocycles. The zero-order valence-corrected chi connectivity index (χ0v) is 18.6. The first-order valence-corrected chi connectivity index (χ1v) is 10.5. The van der Waals surface area contributed by atoms with Crippen molar-refractivity contribution in [3.05, 3.63) is 41.9 Å². The number of amides is 1. The summed E-state index contributed by atoms with van der Waals surface area (Å²) >= 11 is 0. The lowest BCUT2D eigenvalue weighted by molar-refractivity contribution is -0.122. The Hall–Kier alpha value is -2.91. The van der Waals surface area contributed by atoms with Gasteiger partial charge in [-0.25, -0.2) is 4.98 Å². The summed E-state index contributed by atoms with van der Waals surface area (Å²) < 4.78 is 10.8. The van der Waals surface area contributed by atoms with Gasteiger partial charge in [-0.05, 0) is 6.92 Å². The van der Waals surface area contributed by atoms with E-state index in [0.29, 0.717) is 32.1 Å². The van der Waals surface area contributed by atoms with Crippen molar-refractivity contribution < 1.29 is 13.9 Å². The van der Waals surface area contributed by atoms with Crippen molar-refractivity contribution in [1.82, 2.24) is 25.4 Å². The smallest absolute Gasteiger partial charge is 0.234 e. The third-order valence-electron chi connectivity index (χ3n) is 5.17. The first-order valence-electron chi connectivity index (χ1n) is 10.5. The number of ether oxygens (including phenoxy) is 1. The van der Waals surface area contributed by atoms with Crippen LogP contribution in [0.1, 0.15) is 11.5 Å². The van der Waals surface area contributed by atoms with Gasteiger partial charge in [-0.1, -0.05) is 29.8 Å². The molecule has 0 atom stereocenters. The quantitative estimate of drug-likeness (QED) is 0.369. The molecule has 3 rings (SSSR count). The van der Waals surface area contributed by atoms with Crippen molar-refractivity contribution in [2.75, 3.05) is 60.0 Å². The molecule has 9 nitrogen and oxygen atoms in total. The second-order valence-electron chi connectivity index (χ2n) is 7.49. The summed E-state index contributed by atoms with van der Waals surface area (Å²) in [7, 11) is 3.39. The summed E-state index contributed by atoms with van der Waals surface area (Å²) in [6.45, 7) is 7.18. The van der Waals surface area contributed by atoms with Crippen LogP contribution >= 0.6 is 0 Å². The Balaban J connectivity index is 1.44. The standard InChI is InChI=1S/C22H32N6O3/c1-17-4-6-18(7-5-17)19-14-25-21(31-19)15-26-22(23-2)28-11-9-27(10-12-28)16-20(29)24-8-13-30-3/h4-7,14H,8-13,15-16H2,1-3H3,(H,23,26)(H,24,29). The van der Waals surface area contributed by atoms with Crippen LogP contribution in [0.25, 0.3) is 11.3 Å². The zero-order chi connectivity index (χ0) is 22.1. The minimum absolute atomic E-state index is 0.0290. The Morgan fingerprint density at radius 3 is 2.61 bits per heavy atom. The van der Waals surface area contributed by atoms with Crippen molar-refractivity contribution in [3.63, 3.8) is 0 Å². The van der Waals surface area contributed by atoms with Gasteiger partial charge in [0.2, 0.25) is 11.8 Å². The van der Waals surface area contributed by atoms with Gasteiger partial charge in [-0.3, -0.25) is 14.7 Å². The van der Waals surface area contributed by atoms with Gasteiger partial charge in [-0.15, -0.1) is 0 Å². The first-order chi connectivity index (χ1) is 15.1. The van der Waals surface area contributed by atoms with E-state index in [0.717, 1.165) is 43.5 Å². The first kappa shape index (κ1) is 22.8. The van der Waals surface area contributed by atoms with E-state index in [1.165, 1.54) is 5.56 Å². The van der Waals surface area contributed by atoms with Crippen LogP contribution in [-0.4, -0.2) is 86.7 Å². The van der Waals surface area contributed by atoms with Crippen LogP contribution in [0.15, 0.2) is 39.9 Å². The molecule has 2 heterocycles. The number of aryl methyl sites for hydroxylation is 1. The number of nitrogens with zero attached hydrogens (tertiary/aromatic N) is 4. The minimum atomic E-state index is 0.0290. The minimum Gasteiger partial charge on any atom is -0.439 e. The molecule has 0 unspecified atom stereocenters.